The first-order valence-corrected chi connectivity index (χ1v) is 6.97. The second-order valence-corrected chi connectivity index (χ2v) is 6.03. The number of amides is 1. The summed E-state index contributed by atoms with van der Waals surface area (Å²) in [5.74, 6) is -0.754. The van der Waals surface area contributed by atoms with E-state index in [4.69, 9.17) is 0 Å². The van der Waals surface area contributed by atoms with Crippen LogP contribution in [0.1, 0.15) is 43.6 Å². The van der Waals surface area contributed by atoms with Crippen LogP contribution < -0.4 is 10.9 Å². The number of aromatic hydroxyl groups is 1. The molecule has 0 aromatic carbocycles. The van der Waals surface area contributed by atoms with Crippen molar-refractivity contribution in [3.05, 3.63) is 28.2 Å². The van der Waals surface area contributed by atoms with E-state index in [0.717, 1.165) is 19.3 Å². The van der Waals surface area contributed by atoms with Gasteiger partial charge < -0.3 is 15.4 Å². The van der Waals surface area contributed by atoms with E-state index >= 15 is 0 Å². The Morgan fingerprint density at radius 2 is 2.25 bits per heavy atom. The van der Waals surface area contributed by atoms with E-state index in [2.05, 4.69) is 19.3 Å². The Hall–Kier alpha value is -1.98. The van der Waals surface area contributed by atoms with Crippen LogP contribution in [0, 0.1) is 5.41 Å². The lowest BCUT2D eigenvalue weighted by atomic mass is 9.78. The molecule has 2 N–H and O–H groups in total. The van der Waals surface area contributed by atoms with Crippen LogP contribution in [0.4, 0.5) is 0 Å². The Labute approximate surface area is 117 Å². The summed E-state index contributed by atoms with van der Waals surface area (Å²) < 4.78 is 1.47. The van der Waals surface area contributed by atoms with Gasteiger partial charge >= 0.3 is 0 Å². The highest BCUT2D eigenvalue weighted by molar-refractivity contribution is 5.96. The lowest BCUT2D eigenvalue weighted by molar-refractivity contribution is 0.0302. The van der Waals surface area contributed by atoms with Gasteiger partial charge in [-0.3, -0.25) is 14.3 Å². The number of aromatic nitrogens is 1. The van der Waals surface area contributed by atoms with E-state index in [0.29, 0.717) is 6.54 Å². The molecule has 3 heterocycles. The quantitative estimate of drug-likeness (QED) is 0.806. The number of fused-ring (bicyclic) bond motifs is 2. The van der Waals surface area contributed by atoms with Crippen molar-refractivity contribution >= 4 is 5.91 Å². The summed E-state index contributed by atoms with van der Waals surface area (Å²) >= 11 is 0. The largest absolute Gasteiger partial charge is 0.502 e. The fraction of sp³-hybridized carbons (Fsp3) is 0.571. The number of hydrogen-bond acceptors (Lipinski definition) is 4. The first-order valence-electron chi connectivity index (χ1n) is 6.97. The maximum atomic E-state index is 12.6. The molecule has 1 saturated heterocycles. The normalized spacial score (nSPS) is 28.6. The number of piperidine rings is 1. The van der Waals surface area contributed by atoms with Gasteiger partial charge in [0.2, 0.25) is 5.43 Å². The summed E-state index contributed by atoms with van der Waals surface area (Å²) in [4.78, 5) is 25.8. The zero-order valence-electron chi connectivity index (χ0n) is 11.7. The molecule has 0 bridgehead atoms. The second kappa shape index (κ2) is 4.26. The molecule has 0 aliphatic carbocycles. The fourth-order valence-electron chi connectivity index (χ4n) is 3.01. The smallest absolute Gasteiger partial charge is 0.278 e. The number of carbonyl (C=O) groups excluding carboxylic acids is 1. The van der Waals surface area contributed by atoms with Gasteiger partial charge in [0.25, 0.3) is 5.91 Å². The summed E-state index contributed by atoms with van der Waals surface area (Å²) in [5, 5.41) is 9.87. The van der Waals surface area contributed by atoms with Crippen molar-refractivity contribution in [2.75, 3.05) is 12.0 Å². The zero-order chi connectivity index (χ0) is 14.5. The van der Waals surface area contributed by atoms with Crippen LogP contribution in [0.25, 0.3) is 0 Å². The van der Waals surface area contributed by atoms with Gasteiger partial charge in [-0.25, -0.2) is 0 Å². The lowest BCUT2D eigenvalue weighted by Gasteiger charge is -2.48. The topological polar surface area (TPSA) is 74.6 Å². The predicted molar refractivity (Wildman–Crippen MR) is 74.2 cm³/mol. The molecular weight excluding hydrogens is 258 g/mol. The van der Waals surface area contributed by atoms with E-state index in [1.54, 1.807) is 4.90 Å². The van der Waals surface area contributed by atoms with Gasteiger partial charge in [0.05, 0.1) is 0 Å². The fourth-order valence-corrected chi connectivity index (χ4v) is 3.01. The van der Waals surface area contributed by atoms with Gasteiger partial charge in [0, 0.05) is 18.8 Å². The Kier molecular flexibility index (Phi) is 2.77. The van der Waals surface area contributed by atoms with Crippen molar-refractivity contribution in [3.8, 4) is 5.75 Å². The van der Waals surface area contributed by atoms with Crippen molar-refractivity contribution in [1.82, 2.24) is 9.58 Å². The third-order valence-corrected chi connectivity index (χ3v) is 4.63. The zero-order valence-corrected chi connectivity index (χ0v) is 11.7. The lowest BCUT2D eigenvalue weighted by Crippen LogP contribution is -2.59. The Morgan fingerprint density at radius 1 is 1.50 bits per heavy atom. The molecular formula is C14H19N3O3. The summed E-state index contributed by atoms with van der Waals surface area (Å²) in [6.07, 6.45) is 4.34. The van der Waals surface area contributed by atoms with E-state index < -0.39 is 11.2 Å². The average Bonchev–Trinajstić information content (AvgIpc) is 2.44. The van der Waals surface area contributed by atoms with E-state index in [1.807, 2.05) is 0 Å². The minimum absolute atomic E-state index is 0.0362. The predicted octanol–water partition coefficient (Wildman–Crippen LogP) is 1.09. The number of nitrogens with zero attached hydrogens (tertiary/aromatic N) is 2. The number of carbonyl (C=O) groups is 1. The van der Waals surface area contributed by atoms with Crippen molar-refractivity contribution in [2.24, 2.45) is 5.41 Å². The third kappa shape index (κ3) is 1.78. The number of pyridine rings is 1. The number of nitrogens with one attached hydrogen (secondary N) is 1. The molecule has 20 heavy (non-hydrogen) atoms. The van der Waals surface area contributed by atoms with E-state index in [1.165, 1.54) is 16.9 Å². The van der Waals surface area contributed by atoms with Crippen LogP contribution in [-0.4, -0.2) is 33.3 Å². The number of hydrogen-bond donors (Lipinski definition) is 2. The molecule has 3 rings (SSSR count). The van der Waals surface area contributed by atoms with E-state index in [9.17, 15) is 14.7 Å². The minimum atomic E-state index is -0.528. The average molecular weight is 277 g/mol. The Balaban J connectivity index is 2.03. The van der Waals surface area contributed by atoms with Gasteiger partial charge in [-0.1, -0.05) is 13.8 Å². The second-order valence-electron chi connectivity index (χ2n) is 6.03. The maximum absolute atomic E-state index is 12.6. The van der Waals surface area contributed by atoms with Gasteiger partial charge in [-0.05, 0) is 24.7 Å². The Bertz CT molecular complexity index is 625. The highest BCUT2D eigenvalue weighted by Gasteiger charge is 2.42. The van der Waals surface area contributed by atoms with Crippen molar-refractivity contribution in [3.63, 3.8) is 0 Å². The molecule has 1 fully saturated rings. The number of rotatable bonds is 1. The van der Waals surface area contributed by atoms with Gasteiger partial charge in [-0.2, -0.15) is 0 Å². The minimum Gasteiger partial charge on any atom is -0.502 e. The maximum Gasteiger partial charge on any atom is 0.278 e. The highest BCUT2D eigenvalue weighted by Crippen LogP contribution is 2.37. The molecule has 1 aromatic rings. The van der Waals surface area contributed by atoms with E-state index in [-0.39, 0.29) is 23.2 Å². The molecule has 2 atom stereocenters. The molecule has 6 nitrogen and oxygen atoms in total. The van der Waals surface area contributed by atoms with Crippen LogP contribution in [0.5, 0.6) is 5.75 Å². The van der Waals surface area contributed by atoms with Gasteiger partial charge in [0.1, 0.15) is 6.17 Å². The standard InChI is InChI=1S/C14H19N3O3/c1-3-14(2)6-4-10-15-17-7-5-9(18)12(19)11(17)13(20)16(10)8-14/h5,7,10,15,19H,3-4,6,8H2,1-2H3/t10-,14?/m0/s1. The molecule has 0 radical (unpaired) electrons. The molecule has 1 unspecified atom stereocenters. The molecule has 1 aromatic heterocycles. The molecule has 108 valence electrons. The van der Waals surface area contributed by atoms with Crippen LogP contribution in [0.2, 0.25) is 0 Å². The van der Waals surface area contributed by atoms with Crippen molar-refractivity contribution in [1.29, 1.82) is 0 Å². The Morgan fingerprint density at radius 3 is 2.95 bits per heavy atom. The van der Waals surface area contributed by atoms with Crippen LogP contribution >= 0.6 is 0 Å². The summed E-state index contributed by atoms with van der Waals surface area (Å²) in [6, 6.07) is 1.26. The summed E-state index contributed by atoms with van der Waals surface area (Å²) in [7, 11) is 0. The summed E-state index contributed by atoms with van der Waals surface area (Å²) in [6.45, 7) is 4.93. The third-order valence-electron chi connectivity index (χ3n) is 4.63. The highest BCUT2D eigenvalue weighted by atomic mass is 16.3. The van der Waals surface area contributed by atoms with Crippen LogP contribution in [0.3, 0.4) is 0 Å². The van der Waals surface area contributed by atoms with Gasteiger partial charge in [0.15, 0.2) is 11.4 Å². The first-order chi connectivity index (χ1) is 9.45. The van der Waals surface area contributed by atoms with Crippen molar-refractivity contribution < 1.29 is 9.90 Å². The first kappa shape index (κ1) is 13.0. The van der Waals surface area contributed by atoms with Crippen LogP contribution in [0.15, 0.2) is 17.1 Å². The monoisotopic (exact) mass is 277 g/mol. The van der Waals surface area contributed by atoms with Crippen LogP contribution in [-0.2, 0) is 0 Å². The SMILES string of the molecule is CCC1(C)CC[C@H]2Nn3ccc(=O)c(O)c3C(=O)N2C1. The molecule has 2 aliphatic heterocycles. The van der Waals surface area contributed by atoms with Crippen molar-refractivity contribution in [2.45, 2.75) is 39.3 Å². The van der Waals surface area contributed by atoms with Gasteiger partial charge in [-0.15, -0.1) is 0 Å². The molecule has 6 heteroatoms. The molecule has 0 spiro atoms. The molecule has 1 amide bonds. The summed E-state index contributed by atoms with van der Waals surface area (Å²) in [5.41, 5.74) is 2.79. The molecule has 2 aliphatic rings. The molecule has 0 saturated carbocycles.